The molecule has 2 aromatic rings. The summed E-state index contributed by atoms with van der Waals surface area (Å²) < 4.78 is 10.7. The molecule has 2 aromatic carbocycles. The van der Waals surface area contributed by atoms with Gasteiger partial charge in [-0.1, -0.05) is 48.4 Å². The predicted molar refractivity (Wildman–Crippen MR) is 92.7 cm³/mol. The van der Waals surface area contributed by atoms with Gasteiger partial charge in [-0.25, -0.2) is 5.43 Å². The molecule has 0 aliphatic rings. The zero-order valence-corrected chi connectivity index (χ0v) is 13.3. The second kappa shape index (κ2) is 9.13. The van der Waals surface area contributed by atoms with Gasteiger partial charge in [-0.05, 0) is 17.7 Å². The van der Waals surface area contributed by atoms with Gasteiger partial charge in [-0.15, -0.1) is 6.42 Å². The Labute approximate surface area is 141 Å². The second-order valence-electron chi connectivity index (χ2n) is 4.79. The van der Waals surface area contributed by atoms with Crippen molar-refractivity contribution in [3.05, 3.63) is 65.7 Å². The Morgan fingerprint density at radius 2 is 1.96 bits per heavy atom. The number of carbonyl (C=O) groups excluding carboxylic acids is 1. The van der Waals surface area contributed by atoms with E-state index < -0.39 is 6.10 Å². The molecule has 0 bridgehead atoms. The number of nitrogens with zero attached hydrogens (tertiary/aromatic N) is 1. The molecular formula is C19H18N2O3. The van der Waals surface area contributed by atoms with Crippen molar-refractivity contribution < 1.29 is 14.3 Å². The molecule has 1 amide bonds. The zero-order chi connectivity index (χ0) is 17.2. The minimum atomic E-state index is -0.726. The molecule has 1 N–H and O–H groups in total. The first-order valence-electron chi connectivity index (χ1n) is 7.32. The normalized spacial score (nSPS) is 11.7. The third kappa shape index (κ3) is 4.70. The molecule has 1 atom stereocenters. The Kier molecular flexibility index (Phi) is 6.57. The molecule has 5 nitrogen and oxygen atoms in total. The molecule has 0 saturated heterocycles. The fraction of sp³-hybridized carbons (Fsp3) is 0.158. The number of amides is 1. The fourth-order valence-electron chi connectivity index (χ4n) is 2.08. The van der Waals surface area contributed by atoms with Crippen LogP contribution in [-0.4, -0.2) is 25.8 Å². The Morgan fingerprint density at radius 1 is 1.25 bits per heavy atom. The van der Waals surface area contributed by atoms with Crippen LogP contribution in [0.4, 0.5) is 0 Å². The van der Waals surface area contributed by atoms with E-state index in [1.807, 2.05) is 48.5 Å². The zero-order valence-electron chi connectivity index (χ0n) is 13.3. The van der Waals surface area contributed by atoms with Crippen molar-refractivity contribution in [2.75, 3.05) is 13.7 Å². The molecule has 2 rings (SSSR count). The van der Waals surface area contributed by atoms with Gasteiger partial charge in [0.05, 0.1) is 6.21 Å². The maximum absolute atomic E-state index is 12.2. The molecule has 0 saturated carbocycles. The average molecular weight is 322 g/mol. The summed E-state index contributed by atoms with van der Waals surface area (Å²) in [6, 6.07) is 16.5. The Morgan fingerprint density at radius 3 is 2.67 bits per heavy atom. The highest BCUT2D eigenvalue weighted by molar-refractivity contribution is 5.86. The van der Waals surface area contributed by atoms with Crippen LogP contribution in [0.3, 0.4) is 0 Å². The molecule has 0 fully saturated rings. The lowest BCUT2D eigenvalue weighted by molar-refractivity contribution is -0.131. The SMILES string of the molecule is C#CCOc1ccccc1/C=N\NC(=O)[C@@H](OC)c1ccccc1. The first-order valence-corrected chi connectivity index (χ1v) is 7.32. The summed E-state index contributed by atoms with van der Waals surface area (Å²) >= 11 is 0. The van der Waals surface area contributed by atoms with Crippen LogP contribution in [0.15, 0.2) is 59.7 Å². The number of rotatable bonds is 7. The lowest BCUT2D eigenvalue weighted by atomic mass is 10.1. The number of hydrazone groups is 1. The second-order valence-corrected chi connectivity index (χ2v) is 4.79. The number of hydrogen-bond donors (Lipinski definition) is 1. The number of nitrogens with one attached hydrogen (secondary N) is 1. The van der Waals surface area contributed by atoms with Gasteiger partial charge in [-0.3, -0.25) is 4.79 Å². The number of ether oxygens (including phenoxy) is 2. The molecule has 0 aliphatic heterocycles. The van der Waals surface area contributed by atoms with E-state index in [9.17, 15) is 4.79 Å². The van der Waals surface area contributed by atoms with Crippen LogP contribution >= 0.6 is 0 Å². The first-order chi connectivity index (χ1) is 11.8. The number of para-hydroxylation sites is 1. The maximum Gasteiger partial charge on any atom is 0.273 e. The topological polar surface area (TPSA) is 59.9 Å². The minimum absolute atomic E-state index is 0.164. The standard InChI is InChI=1S/C19H18N2O3/c1-3-13-24-17-12-8-7-11-16(17)14-20-21-19(22)18(23-2)15-9-5-4-6-10-15/h1,4-12,14,18H,13H2,2H3,(H,21,22)/b20-14-/t18-/m0/s1. The number of terminal acetylenes is 1. The van der Waals surface area contributed by atoms with Crippen LogP contribution in [0.25, 0.3) is 0 Å². The molecule has 0 unspecified atom stereocenters. The van der Waals surface area contributed by atoms with Gasteiger partial charge >= 0.3 is 0 Å². The summed E-state index contributed by atoms with van der Waals surface area (Å²) in [5.41, 5.74) is 3.94. The Hall–Kier alpha value is -3.10. The van der Waals surface area contributed by atoms with Crippen LogP contribution in [0, 0.1) is 12.3 Å². The van der Waals surface area contributed by atoms with Crippen molar-refractivity contribution >= 4 is 12.1 Å². The number of carbonyl (C=O) groups is 1. The fourth-order valence-corrected chi connectivity index (χ4v) is 2.08. The third-order valence-corrected chi connectivity index (χ3v) is 3.18. The highest BCUT2D eigenvalue weighted by Gasteiger charge is 2.19. The summed E-state index contributed by atoms with van der Waals surface area (Å²) in [7, 11) is 1.48. The first kappa shape index (κ1) is 17.3. The predicted octanol–water partition coefficient (Wildman–Crippen LogP) is 2.54. The number of benzene rings is 2. The molecule has 24 heavy (non-hydrogen) atoms. The molecule has 0 heterocycles. The largest absolute Gasteiger partial charge is 0.480 e. The third-order valence-electron chi connectivity index (χ3n) is 3.18. The van der Waals surface area contributed by atoms with Crippen molar-refractivity contribution in [2.24, 2.45) is 5.10 Å². The molecule has 0 aliphatic carbocycles. The molecule has 0 radical (unpaired) electrons. The lowest BCUT2D eigenvalue weighted by Gasteiger charge is -2.13. The van der Waals surface area contributed by atoms with Crippen molar-refractivity contribution in [2.45, 2.75) is 6.10 Å². The molecule has 0 aromatic heterocycles. The summed E-state index contributed by atoms with van der Waals surface area (Å²) in [4.78, 5) is 12.2. The van der Waals surface area contributed by atoms with Gasteiger partial charge in [-0.2, -0.15) is 5.10 Å². The summed E-state index contributed by atoms with van der Waals surface area (Å²) in [6.07, 6.45) is 5.97. The van der Waals surface area contributed by atoms with E-state index in [2.05, 4.69) is 16.4 Å². The van der Waals surface area contributed by atoms with E-state index in [4.69, 9.17) is 15.9 Å². The van der Waals surface area contributed by atoms with Crippen molar-refractivity contribution in [1.82, 2.24) is 5.43 Å². The summed E-state index contributed by atoms with van der Waals surface area (Å²) in [5.74, 6) is 2.64. The highest BCUT2D eigenvalue weighted by atomic mass is 16.5. The summed E-state index contributed by atoms with van der Waals surface area (Å²) in [5, 5.41) is 3.97. The summed E-state index contributed by atoms with van der Waals surface area (Å²) in [6.45, 7) is 0.164. The van der Waals surface area contributed by atoms with Crippen LogP contribution in [0.2, 0.25) is 0 Å². The average Bonchev–Trinajstić information content (AvgIpc) is 2.62. The lowest BCUT2D eigenvalue weighted by Crippen LogP contribution is -2.26. The van der Waals surface area contributed by atoms with Crippen LogP contribution < -0.4 is 10.2 Å². The number of hydrogen-bond acceptors (Lipinski definition) is 4. The van der Waals surface area contributed by atoms with E-state index in [0.29, 0.717) is 11.3 Å². The van der Waals surface area contributed by atoms with Gasteiger partial charge in [0.25, 0.3) is 5.91 Å². The van der Waals surface area contributed by atoms with E-state index in [1.54, 1.807) is 6.07 Å². The molecule has 122 valence electrons. The van der Waals surface area contributed by atoms with Crippen molar-refractivity contribution in [1.29, 1.82) is 0 Å². The van der Waals surface area contributed by atoms with Gasteiger partial charge in [0.1, 0.15) is 12.4 Å². The van der Waals surface area contributed by atoms with Crippen molar-refractivity contribution in [3.63, 3.8) is 0 Å². The Balaban J connectivity index is 2.03. The maximum atomic E-state index is 12.2. The van der Waals surface area contributed by atoms with E-state index in [-0.39, 0.29) is 12.5 Å². The van der Waals surface area contributed by atoms with Crippen LogP contribution in [0.1, 0.15) is 17.2 Å². The van der Waals surface area contributed by atoms with E-state index in [1.165, 1.54) is 13.3 Å². The Bertz CT molecular complexity index is 736. The molecule has 5 heteroatoms. The van der Waals surface area contributed by atoms with E-state index in [0.717, 1.165) is 5.56 Å². The smallest absolute Gasteiger partial charge is 0.273 e. The van der Waals surface area contributed by atoms with Gasteiger partial charge in [0, 0.05) is 12.7 Å². The van der Waals surface area contributed by atoms with Crippen LogP contribution in [-0.2, 0) is 9.53 Å². The van der Waals surface area contributed by atoms with Crippen LogP contribution in [0.5, 0.6) is 5.75 Å². The van der Waals surface area contributed by atoms with E-state index >= 15 is 0 Å². The monoisotopic (exact) mass is 322 g/mol. The molecular weight excluding hydrogens is 304 g/mol. The van der Waals surface area contributed by atoms with Gasteiger partial charge in [0.2, 0.25) is 0 Å². The minimum Gasteiger partial charge on any atom is -0.480 e. The van der Waals surface area contributed by atoms with Gasteiger partial charge in [0.15, 0.2) is 6.10 Å². The highest BCUT2D eigenvalue weighted by Crippen LogP contribution is 2.17. The molecule has 0 spiro atoms. The van der Waals surface area contributed by atoms with Crippen molar-refractivity contribution in [3.8, 4) is 18.1 Å². The quantitative estimate of drug-likeness (QED) is 0.484. The van der Waals surface area contributed by atoms with Gasteiger partial charge < -0.3 is 9.47 Å². The number of methoxy groups -OCH3 is 1.